The van der Waals surface area contributed by atoms with Gasteiger partial charge in [0.1, 0.15) is 0 Å². The Balaban J connectivity index is 4.49. The molecular formula is C18H33N3. The molecule has 3 heteroatoms. The van der Waals surface area contributed by atoms with E-state index in [-0.39, 0.29) is 6.04 Å². The summed E-state index contributed by atoms with van der Waals surface area (Å²) in [4.78, 5) is 4.45. The quantitative estimate of drug-likeness (QED) is 0.377. The second-order valence-electron chi connectivity index (χ2n) is 5.23. The first-order chi connectivity index (χ1) is 10.0. The lowest BCUT2D eigenvalue weighted by Gasteiger charge is -2.10. The van der Waals surface area contributed by atoms with Crippen LogP contribution in [-0.2, 0) is 0 Å². The van der Waals surface area contributed by atoms with Gasteiger partial charge in [-0.2, -0.15) is 0 Å². The topological polar surface area (TPSA) is 50.4 Å². The van der Waals surface area contributed by atoms with Crippen molar-refractivity contribution in [2.45, 2.75) is 66.3 Å². The number of hydrogen-bond donors (Lipinski definition) is 2. The van der Waals surface area contributed by atoms with Gasteiger partial charge >= 0.3 is 0 Å². The number of nitrogens with one attached hydrogen (secondary N) is 1. The van der Waals surface area contributed by atoms with Crippen LogP contribution in [0.1, 0.15) is 60.3 Å². The van der Waals surface area contributed by atoms with E-state index in [0.717, 1.165) is 38.1 Å². The number of hydrogen-bond acceptors (Lipinski definition) is 2. The predicted octanol–water partition coefficient (Wildman–Crippen LogP) is 4.33. The molecule has 0 aromatic rings. The van der Waals surface area contributed by atoms with Gasteiger partial charge in [-0.3, -0.25) is 4.99 Å². The molecule has 3 nitrogen and oxygen atoms in total. The average molecular weight is 291 g/mol. The second-order valence-corrected chi connectivity index (χ2v) is 5.23. The molecule has 0 unspecified atom stereocenters. The predicted molar refractivity (Wildman–Crippen MR) is 95.6 cm³/mol. The van der Waals surface area contributed by atoms with Gasteiger partial charge in [0.25, 0.3) is 0 Å². The summed E-state index contributed by atoms with van der Waals surface area (Å²) in [6, 6.07) is 0.148. The normalized spacial score (nSPS) is 15.6. The number of nitrogens with zero attached hydrogens (tertiary/aromatic N) is 1. The molecule has 3 N–H and O–H groups in total. The van der Waals surface area contributed by atoms with Crippen molar-refractivity contribution in [1.29, 1.82) is 0 Å². The minimum atomic E-state index is 0.148. The molecule has 0 aliphatic carbocycles. The molecule has 0 bridgehead atoms. The van der Waals surface area contributed by atoms with Gasteiger partial charge in [0, 0.05) is 12.2 Å². The van der Waals surface area contributed by atoms with Crippen molar-refractivity contribution in [3.8, 4) is 0 Å². The van der Waals surface area contributed by atoms with Crippen molar-refractivity contribution in [2.24, 2.45) is 10.7 Å². The molecule has 0 aromatic carbocycles. The van der Waals surface area contributed by atoms with E-state index in [9.17, 15) is 0 Å². The zero-order valence-electron chi connectivity index (χ0n) is 14.4. The second kappa shape index (κ2) is 12.4. The highest BCUT2D eigenvalue weighted by atomic mass is 15.0. The van der Waals surface area contributed by atoms with E-state index in [1.54, 1.807) is 0 Å². The number of allylic oxidation sites excluding steroid dienone is 3. The summed E-state index contributed by atoms with van der Waals surface area (Å²) in [5.41, 5.74) is 8.63. The van der Waals surface area contributed by atoms with E-state index < -0.39 is 0 Å². The molecule has 0 rings (SSSR count). The fraction of sp³-hybridized carbons (Fsp3) is 0.611. The number of aliphatic imine (C=N–C) groups is 1. The Bertz CT molecular complexity index is 387. The van der Waals surface area contributed by atoms with Crippen LogP contribution in [0.5, 0.6) is 0 Å². The molecule has 0 amide bonds. The smallest absolute Gasteiger partial charge is 0.0974 e. The van der Waals surface area contributed by atoms with Crippen molar-refractivity contribution in [2.75, 3.05) is 6.54 Å². The molecule has 0 aliphatic rings. The lowest BCUT2D eigenvalue weighted by atomic mass is 10.0. The Morgan fingerprint density at radius 2 is 1.90 bits per heavy atom. The van der Waals surface area contributed by atoms with Gasteiger partial charge in [-0.1, -0.05) is 50.1 Å². The summed E-state index contributed by atoms with van der Waals surface area (Å²) in [6.07, 6.45) is 12.6. The van der Waals surface area contributed by atoms with Gasteiger partial charge in [0.2, 0.25) is 0 Å². The summed E-state index contributed by atoms with van der Waals surface area (Å²) in [6.45, 7) is 11.2. The van der Waals surface area contributed by atoms with Crippen molar-refractivity contribution >= 4 is 5.84 Å². The first kappa shape index (κ1) is 19.7. The molecule has 1 atom stereocenters. The monoisotopic (exact) mass is 291 g/mol. The van der Waals surface area contributed by atoms with Crippen LogP contribution in [0, 0.1) is 0 Å². The largest absolute Gasteiger partial charge is 0.351 e. The number of rotatable bonds is 9. The number of nitrogens with two attached hydrogens (primary N) is 1. The summed E-state index contributed by atoms with van der Waals surface area (Å²) < 4.78 is 0. The summed E-state index contributed by atoms with van der Waals surface area (Å²) in [7, 11) is 0. The van der Waals surface area contributed by atoms with Crippen molar-refractivity contribution in [1.82, 2.24) is 5.32 Å². The van der Waals surface area contributed by atoms with Crippen LogP contribution in [0.15, 0.2) is 40.6 Å². The van der Waals surface area contributed by atoms with Crippen LogP contribution >= 0.6 is 0 Å². The maximum Gasteiger partial charge on any atom is 0.0974 e. The highest BCUT2D eigenvalue weighted by molar-refractivity contribution is 5.80. The zero-order valence-corrected chi connectivity index (χ0v) is 14.4. The first-order valence-corrected chi connectivity index (χ1v) is 8.10. The van der Waals surface area contributed by atoms with Gasteiger partial charge < -0.3 is 11.1 Å². The van der Waals surface area contributed by atoms with Crippen LogP contribution in [0.25, 0.3) is 0 Å². The van der Waals surface area contributed by atoms with Gasteiger partial charge in [-0.15, -0.1) is 0 Å². The molecule has 0 aliphatic heterocycles. The minimum Gasteiger partial charge on any atom is -0.351 e. The van der Waals surface area contributed by atoms with Crippen LogP contribution in [0.2, 0.25) is 0 Å². The van der Waals surface area contributed by atoms with Crippen LogP contribution in [0.4, 0.5) is 0 Å². The minimum absolute atomic E-state index is 0.148. The highest BCUT2D eigenvalue weighted by Gasteiger charge is 2.01. The Morgan fingerprint density at radius 1 is 1.19 bits per heavy atom. The standard InChI is InChI=1S/C18H33N3/c1-6-9-10-13-20-16(5)21-14-17(7-2)11-12-18(8-3)15(4)19/h9-10,12,14-15H,6-8,11,13,19H2,1-5H3,(H,20,21)/b10-9-,17-14+,18-12-/t15-/m1/s1. The lowest BCUT2D eigenvalue weighted by molar-refractivity contribution is 0.804. The lowest BCUT2D eigenvalue weighted by Crippen LogP contribution is -2.17. The summed E-state index contributed by atoms with van der Waals surface area (Å²) in [5, 5.41) is 3.28. The SMILES string of the molecule is CC/C=C\CN=C(C)N/C=C(\CC)C/C=C(/CC)[C@@H](C)N. The third-order valence-electron chi connectivity index (χ3n) is 3.40. The molecule has 0 fully saturated rings. The van der Waals surface area contributed by atoms with E-state index >= 15 is 0 Å². The maximum absolute atomic E-state index is 5.95. The highest BCUT2D eigenvalue weighted by Crippen LogP contribution is 2.12. The van der Waals surface area contributed by atoms with E-state index in [1.165, 1.54) is 11.1 Å². The molecule has 0 saturated carbocycles. The molecule has 120 valence electrons. The molecule has 0 spiro atoms. The van der Waals surface area contributed by atoms with E-state index in [4.69, 9.17) is 5.73 Å². The Kier molecular flexibility index (Phi) is 11.6. The summed E-state index contributed by atoms with van der Waals surface area (Å²) >= 11 is 0. The van der Waals surface area contributed by atoms with Crippen LogP contribution in [0.3, 0.4) is 0 Å². The molecule has 21 heavy (non-hydrogen) atoms. The van der Waals surface area contributed by atoms with Crippen LogP contribution in [-0.4, -0.2) is 18.4 Å². The average Bonchev–Trinajstić information content (AvgIpc) is 2.47. The summed E-state index contributed by atoms with van der Waals surface area (Å²) in [5.74, 6) is 0.952. The van der Waals surface area contributed by atoms with Crippen molar-refractivity contribution in [3.05, 3.63) is 35.6 Å². The van der Waals surface area contributed by atoms with Crippen LogP contribution < -0.4 is 11.1 Å². The molecule has 0 heterocycles. The fourth-order valence-corrected chi connectivity index (χ4v) is 1.90. The first-order valence-electron chi connectivity index (χ1n) is 8.10. The maximum atomic E-state index is 5.95. The molecule has 0 aromatic heterocycles. The van der Waals surface area contributed by atoms with Crippen molar-refractivity contribution in [3.63, 3.8) is 0 Å². The third-order valence-corrected chi connectivity index (χ3v) is 3.40. The fourth-order valence-electron chi connectivity index (χ4n) is 1.90. The molecule has 0 radical (unpaired) electrons. The van der Waals surface area contributed by atoms with Gasteiger partial charge in [0.05, 0.1) is 12.4 Å². The zero-order chi connectivity index (χ0) is 16.1. The van der Waals surface area contributed by atoms with Gasteiger partial charge in [0.15, 0.2) is 0 Å². The van der Waals surface area contributed by atoms with E-state index in [2.05, 4.69) is 55.5 Å². The Hall–Kier alpha value is -1.35. The van der Waals surface area contributed by atoms with Gasteiger partial charge in [-0.05, 0) is 39.5 Å². The van der Waals surface area contributed by atoms with E-state index in [1.807, 2.05) is 13.8 Å². The Morgan fingerprint density at radius 3 is 2.43 bits per heavy atom. The number of amidine groups is 1. The molecular weight excluding hydrogens is 258 g/mol. The third kappa shape index (κ3) is 10.1. The Labute approximate surface area is 131 Å². The van der Waals surface area contributed by atoms with Crippen molar-refractivity contribution < 1.29 is 0 Å². The molecule has 0 saturated heterocycles. The van der Waals surface area contributed by atoms with Gasteiger partial charge in [-0.25, -0.2) is 0 Å². The van der Waals surface area contributed by atoms with E-state index in [0.29, 0.717) is 0 Å².